The molecule has 0 saturated carbocycles. The quantitative estimate of drug-likeness (QED) is 0.0820. The van der Waals surface area contributed by atoms with Gasteiger partial charge in [-0.2, -0.15) is 0 Å². The zero-order valence-corrected chi connectivity index (χ0v) is 28.5. The summed E-state index contributed by atoms with van der Waals surface area (Å²) in [6.45, 7) is 6.59. The van der Waals surface area contributed by atoms with E-state index in [1.165, 1.54) is 130 Å². The predicted octanol–water partition coefficient (Wildman–Crippen LogP) is 13.4. The number of aryl methyl sites for hydroxylation is 2. The topological polar surface area (TPSA) is 25.6 Å². The fourth-order valence-electron chi connectivity index (χ4n) is 7.84. The van der Waals surface area contributed by atoms with Gasteiger partial charge in [0.05, 0.1) is 16.6 Å². The van der Waals surface area contributed by atoms with Crippen LogP contribution in [-0.4, -0.2) is 14.1 Å². The number of allylic oxidation sites excluding steroid dienone is 4. The smallest absolute Gasteiger partial charge is 0.0614 e. The van der Waals surface area contributed by atoms with Gasteiger partial charge in [-0.25, -0.2) is 0 Å². The second kappa shape index (κ2) is 14.7. The standard InChI is InChI=1S/C44H51N3/c1-3-5-7-9-11-13-15-23-31-46-37-29-21-18-26-34(37)40-42-39(33-25-17-20-28-36(33)45-42)43-41(44(40)46)35-27-19-22-30-38(35)47(43)32-24-16-14-12-10-8-6-4-2/h9-12,17-22,25-30,45H,3-8,13-16,23-24,31-32H2,1-2H3/b11-9+,12-10+. The number of nitrogens with one attached hydrogen (secondary N) is 1. The molecule has 0 aliphatic heterocycles. The number of rotatable bonds is 16. The van der Waals surface area contributed by atoms with Crippen LogP contribution >= 0.6 is 0 Å². The van der Waals surface area contributed by atoms with E-state index in [0.29, 0.717) is 0 Å². The van der Waals surface area contributed by atoms with E-state index in [2.05, 4.69) is 125 Å². The van der Waals surface area contributed by atoms with Crippen molar-refractivity contribution >= 4 is 65.4 Å². The minimum Gasteiger partial charge on any atom is -0.354 e. The Hall–Kier alpha value is -4.24. The molecule has 0 fully saturated rings. The lowest BCUT2D eigenvalue weighted by Gasteiger charge is -2.11. The summed E-state index contributed by atoms with van der Waals surface area (Å²) in [7, 11) is 0. The van der Waals surface area contributed by atoms with E-state index in [9.17, 15) is 0 Å². The van der Waals surface area contributed by atoms with Gasteiger partial charge in [0.1, 0.15) is 0 Å². The molecule has 0 saturated heterocycles. The first-order valence-corrected chi connectivity index (χ1v) is 18.5. The maximum Gasteiger partial charge on any atom is 0.0614 e. The molecule has 0 unspecified atom stereocenters. The zero-order chi connectivity index (χ0) is 32.0. The monoisotopic (exact) mass is 621 g/mol. The van der Waals surface area contributed by atoms with Crippen LogP contribution in [0.1, 0.15) is 90.9 Å². The Kier molecular flexibility index (Phi) is 9.79. The summed E-state index contributed by atoms with van der Waals surface area (Å²) in [5, 5.41) is 8.22. The van der Waals surface area contributed by atoms with E-state index in [1.807, 2.05) is 0 Å². The van der Waals surface area contributed by atoms with Gasteiger partial charge in [-0.1, -0.05) is 118 Å². The molecule has 0 amide bonds. The number of aromatic nitrogens is 3. The predicted molar refractivity (Wildman–Crippen MR) is 207 cm³/mol. The van der Waals surface area contributed by atoms with Crippen LogP contribution in [0.15, 0.2) is 97.1 Å². The Bertz CT molecular complexity index is 2120. The highest BCUT2D eigenvalue weighted by molar-refractivity contribution is 6.39. The first kappa shape index (κ1) is 31.4. The lowest BCUT2D eigenvalue weighted by molar-refractivity contribution is 0.641. The molecule has 0 aliphatic carbocycles. The highest BCUT2D eigenvalue weighted by Crippen LogP contribution is 2.47. The number of H-pyrrole nitrogens is 1. The van der Waals surface area contributed by atoms with Crippen molar-refractivity contribution in [2.24, 2.45) is 0 Å². The number of aromatic amines is 1. The Balaban J connectivity index is 1.39. The maximum absolute atomic E-state index is 3.95. The van der Waals surface area contributed by atoms with E-state index in [-0.39, 0.29) is 0 Å². The van der Waals surface area contributed by atoms with Gasteiger partial charge in [0.2, 0.25) is 0 Å². The summed E-state index contributed by atoms with van der Waals surface area (Å²) in [5.74, 6) is 0. The van der Waals surface area contributed by atoms with E-state index in [1.54, 1.807) is 0 Å². The zero-order valence-electron chi connectivity index (χ0n) is 28.5. The second-order valence-electron chi connectivity index (χ2n) is 13.4. The molecular weight excluding hydrogens is 571 g/mol. The van der Waals surface area contributed by atoms with Crippen molar-refractivity contribution < 1.29 is 0 Å². The number of hydrogen-bond donors (Lipinski definition) is 1. The van der Waals surface area contributed by atoms with E-state index in [4.69, 9.17) is 0 Å². The first-order valence-electron chi connectivity index (χ1n) is 18.5. The van der Waals surface area contributed by atoms with Crippen LogP contribution in [0.2, 0.25) is 0 Å². The van der Waals surface area contributed by atoms with E-state index in [0.717, 1.165) is 25.9 Å². The highest BCUT2D eigenvalue weighted by atomic mass is 15.0. The van der Waals surface area contributed by atoms with Crippen LogP contribution in [0.5, 0.6) is 0 Å². The molecule has 3 heterocycles. The number of hydrogen-bond acceptors (Lipinski definition) is 0. The summed E-state index contributed by atoms with van der Waals surface area (Å²) >= 11 is 0. The Morgan fingerprint density at radius 3 is 1.49 bits per heavy atom. The van der Waals surface area contributed by atoms with E-state index < -0.39 is 0 Å². The number of unbranched alkanes of at least 4 members (excludes halogenated alkanes) is 8. The van der Waals surface area contributed by atoms with Crippen LogP contribution < -0.4 is 0 Å². The van der Waals surface area contributed by atoms with Crippen LogP contribution in [0.25, 0.3) is 65.4 Å². The molecule has 242 valence electrons. The third kappa shape index (κ3) is 6.02. The fourth-order valence-corrected chi connectivity index (χ4v) is 7.84. The molecule has 3 aromatic heterocycles. The Labute approximate surface area is 279 Å². The molecule has 47 heavy (non-hydrogen) atoms. The van der Waals surface area contributed by atoms with Gasteiger partial charge in [0.15, 0.2) is 0 Å². The average molecular weight is 622 g/mol. The van der Waals surface area contributed by atoms with Crippen LogP contribution in [0.4, 0.5) is 0 Å². The van der Waals surface area contributed by atoms with Gasteiger partial charge >= 0.3 is 0 Å². The molecule has 4 aromatic carbocycles. The second-order valence-corrected chi connectivity index (χ2v) is 13.4. The molecule has 7 aromatic rings. The minimum atomic E-state index is 1.03. The molecule has 0 radical (unpaired) electrons. The van der Waals surface area contributed by atoms with Crippen molar-refractivity contribution in [2.75, 3.05) is 0 Å². The molecular formula is C44H51N3. The number of nitrogens with zero attached hydrogens (tertiary/aromatic N) is 2. The van der Waals surface area contributed by atoms with Crippen molar-refractivity contribution in [1.29, 1.82) is 0 Å². The lowest BCUT2D eigenvalue weighted by Crippen LogP contribution is -2.00. The van der Waals surface area contributed by atoms with Crippen LogP contribution in [0, 0.1) is 0 Å². The molecule has 7 rings (SSSR count). The fraction of sp³-hybridized carbons (Fsp3) is 0.364. The van der Waals surface area contributed by atoms with Gasteiger partial charge in [-0.05, 0) is 69.6 Å². The van der Waals surface area contributed by atoms with Crippen molar-refractivity contribution in [3.63, 3.8) is 0 Å². The third-order valence-corrected chi connectivity index (χ3v) is 10.2. The van der Waals surface area contributed by atoms with Gasteiger partial charge in [-0.3, -0.25) is 0 Å². The normalized spacial score (nSPS) is 12.6. The SMILES string of the molecule is CCCC/C=C/CCCCn1c2ccccc2c2c3[nH]c4ccccc4c3c3c(c4ccccc4n3CCCC/C=C/CCCC)c21. The Morgan fingerprint density at radius 1 is 0.489 bits per heavy atom. The van der Waals surface area contributed by atoms with E-state index >= 15 is 0 Å². The van der Waals surface area contributed by atoms with Crippen molar-refractivity contribution in [3.8, 4) is 0 Å². The molecule has 3 nitrogen and oxygen atoms in total. The molecule has 0 spiro atoms. The molecule has 0 atom stereocenters. The molecule has 1 N–H and O–H groups in total. The van der Waals surface area contributed by atoms with Crippen molar-refractivity contribution in [3.05, 3.63) is 97.1 Å². The van der Waals surface area contributed by atoms with Gasteiger partial charge < -0.3 is 14.1 Å². The van der Waals surface area contributed by atoms with Crippen molar-refractivity contribution in [1.82, 2.24) is 14.1 Å². The van der Waals surface area contributed by atoms with Crippen LogP contribution in [0.3, 0.4) is 0 Å². The Morgan fingerprint density at radius 2 is 0.936 bits per heavy atom. The van der Waals surface area contributed by atoms with Gasteiger partial charge in [-0.15, -0.1) is 0 Å². The van der Waals surface area contributed by atoms with Gasteiger partial charge in [0, 0.05) is 62.0 Å². The average Bonchev–Trinajstić information content (AvgIpc) is 3.75. The number of para-hydroxylation sites is 3. The minimum absolute atomic E-state index is 1.03. The molecule has 0 aliphatic rings. The molecule has 0 bridgehead atoms. The summed E-state index contributed by atoms with van der Waals surface area (Å²) in [4.78, 5) is 3.95. The number of fused-ring (bicyclic) bond motifs is 12. The highest BCUT2D eigenvalue weighted by Gasteiger charge is 2.25. The summed E-state index contributed by atoms with van der Waals surface area (Å²) in [6, 6.07) is 27.2. The number of benzene rings is 4. The van der Waals surface area contributed by atoms with Crippen LogP contribution in [-0.2, 0) is 13.1 Å². The maximum atomic E-state index is 3.95. The summed E-state index contributed by atoms with van der Waals surface area (Å²) in [5.41, 5.74) is 8.00. The molecule has 3 heteroatoms. The lowest BCUT2D eigenvalue weighted by atomic mass is 10.0. The first-order chi connectivity index (χ1) is 23.3. The summed E-state index contributed by atoms with van der Waals surface area (Å²) in [6.07, 6.45) is 24.2. The third-order valence-electron chi connectivity index (χ3n) is 10.2. The van der Waals surface area contributed by atoms with Gasteiger partial charge in [0.25, 0.3) is 0 Å². The summed E-state index contributed by atoms with van der Waals surface area (Å²) < 4.78 is 5.33. The van der Waals surface area contributed by atoms with Crippen molar-refractivity contribution in [2.45, 2.75) is 104 Å². The largest absolute Gasteiger partial charge is 0.354 e.